The first-order chi connectivity index (χ1) is 15.4. The van der Waals surface area contributed by atoms with E-state index in [9.17, 15) is 13.2 Å². The molecule has 1 aromatic carbocycles. The van der Waals surface area contributed by atoms with Crippen LogP contribution in [0.15, 0.2) is 63.7 Å². The van der Waals surface area contributed by atoms with Crippen LogP contribution in [0.25, 0.3) is 11.0 Å². The summed E-state index contributed by atoms with van der Waals surface area (Å²) in [6.07, 6.45) is 6.05. The van der Waals surface area contributed by atoms with Gasteiger partial charge in [-0.05, 0) is 48.0 Å². The minimum Gasteiger partial charge on any atom is -0.365 e. The number of aromatic amines is 1. The fourth-order valence-corrected chi connectivity index (χ4v) is 4.75. The fourth-order valence-electron chi connectivity index (χ4n) is 3.31. The van der Waals surface area contributed by atoms with Crippen molar-refractivity contribution in [1.82, 2.24) is 19.9 Å². The zero-order valence-corrected chi connectivity index (χ0v) is 20.4. The number of H-pyrrole nitrogens is 1. The van der Waals surface area contributed by atoms with Gasteiger partial charge in [-0.2, -0.15) is 0 Å². The fraction of sp³-hybridized carbons (Fsp3) is 0.182. The Labute approximate surface area is 202 Å². The van der Waals surface area contributed by atoms with Crippen molar-refractivity contribution in [1.29, 1.82) is 0 Å². The Morgan fingerprint density at radius 3 is 2.67 bits per heavy atom. The third kappa shape index (κ3) is 5.52. The van der Waals surface area contributed by atoms with E-state index in [1.54, 1.807) is 30.6 Å². The van der Waals surface area contributed by atoms with Crippen LogP contribution in [0.4, 0.5) is 5.82 Å². The summed E-state index contributed by atoms with van der Waals surface area (Å²) in [5.74, 6) is 0.504. The zero-order chi connectivity index (χ0) is 22.7. The van der Waals surface area contributed by atoms with Crippen molar-refractivity contribution in [3.8, 4) is 0 Å². The number of halogens is 1. The average molecular weight is 504 g/mol. The molecule has 0 aliphatic rings. The number of hydrogen-bond donors (Lipinski definition) is 2. The highest BCUT2D eigenvalue weighted by Gasteiger charge is 2.18. The van der Waals surface area contributed by atoms with E-state index in [2.05, 4.69) is 25.3 Å². The Morgan fingerprint density at radius 2 is 2.00 bits per heavy atom. The molecule has 8 nitrogen and oxygen atoms in total. The number of anilines is 1. The van der Waals surface area contributed by atoms with Gasteiger partial charge in [-0.3, -0.25) is 9.78 Å². The van der Waals surface area contributed by atoms with Crippen LogP contribution in [0.1, 0.15) is 28.5 Å². The van der Waals surface area contributed by atoms with Crippen molar-refractivity contribution in [2.24, 2.45) is 0 Å². The van der Waals surface area contributed by atoms with Gasteiger partial charge in [0.1, 0.15) is 11.5 Å². The highest BCUT2D eigenvalue weighted by molar-refractivity contribution is 7.99. The second kappa shape index (κ2) is 10.3. The van der Waals surface area contributed by atoms with Crippen LogP contribution in [0, 0.1) is 0 Å². The van der Waals surface area contributed by atoms with E-state index in [4.69, 9.17) is 0 Å². The molecule has 3 aromatic heterocycles. The second-order valence-corrected chi connectivity index (χ2v) is 10.2. The minimum atomic E-state index is -3.31. The van der Waals surface area contributed by atoms with E-state index in [1.165, 1.54) is 18.0 Å². The maximum Gasteiger partial charge on any atom is 0.196 e. The largest absolute Gasteiger partial charge is 0.365 e. The Morgan fingerprint density at radius 1 is 1.18 bits per heavy atom. The van der Waals surface area contributed by atoms with Gasteiger partial charge in [0, 0.05) is 41.3 Å². The van der Waals surface area contributed by atoms with Crippen LogP contribution < -0.4 is 5.32 Å². The summed E-state index contributed by atoms with van der Waals surface area (Å²) in [5, 5.41) is 4.38. The predicted octanol–water partition coefficient (Wildman–Crippen LogP) is 4.32. The second-order valence-electron chi connectivity index (χ2n) is 7.13. The lowest BCUT2D eigenvalue weighted by atomic mass is 10.1. The molecule has 2 N–H and O–H groups in total. The molecule has 0 atom stereocenters. The molecular formula is C22H22ClN5O3S2. The molecule has 0 unspecified atom stereocenters. The number of pyridine rings is 1. The maximum absolute atomic E-state index is 11.9. The van der Waals surface area contributed by atoms with Gasteiger partial charge in [-0.25, -0.2) is 18.4 Å². The van der Waals surface area contributed by atoms with Crippen LogP contribution in [0.5, 0.6) is 0 Å². The average Bonchev–Trinajstić information content (AvgIpc) is 3.15. The molecule has 4 aromatic rings. The molecule has 0 saturated carbocycles. The van der Waals surface area contributed by atoms with Crippen LogP contribution in [-0.2, 0) is 22.8 Å². The van der Waals surface area contributed by atoms with Gasteiger partial charge in [0.05, 0.1) is 10.3 Å². The minimum absolute atomic E-state index is 0. The Balaban J connectivity index is 0.00000306. The van der Waals surface area contributed by atoms with Crippen LogP contribution in [0.2, 0.25) is 0 Å². The number of benzene rings is 1. The zero-order valence-electron chi connectivity index (χ0n) is 17.9. The highest BCUT2D eigenvalue weighted by atomic mass is 35.5. The molecule has 0 radical (unpaired) electrons. The summed E-state index contributed by atoms with van der Waals surface area (Å²) >= 11 is 1.36. The van der Waals surface area contributed by atoms with Gasteiger partial charge in [-0.1, -0.05) is 19.1 Å². The van der Waals surface area contributed by atoms with E-state index in [0.29, 0.717) is 40.5 Å². The summed E-state index contributed by atoms with van der Waals surface area (Å²) in [5.41, 5.74) is 2.65. The number of nitrogens with one attached hydrogen (secondary N) is 2. The van der Waals surface area contributed by atoms with Gasteiger partial charge >= 0.3 is 0 Å². The van der Waals surface area contributed by atoms with Gasteiger partial charge < -0.3 is 10.3 Å². The molecule has 0 spiro atoms. The molecule has 11 heteroatoms. The van der Waals surface area contributed by atoms with E-state index in [-0.39, 0.29) is 17.3 Å². The lowest BCUT2D eigenvalue weighted by Gasteiger charge is -2.10. The molecular weight excluding hydrogens is 482 g/mol. The number of nitrogens with zero attached hydrogens (tertiary/aromatic N) is 3. The number of aldehydes is 1. The maximum atomic E-state index is 11.9. The van der Waals surface area contributed by atoms with Crippen molar-refractivity contribution >= 4 is 57.1 Å². The van der Waals surface area contributed by atoms with Gasteiger partial charge in [-0.15, -0.1) is 12.4 Å². The quantitative estimate of drug-likeness (QED) is 0.269. The summed E-state index contributed by atoms with van der Waals surface area (Å²) in [7, 11) is -3.31. The van der Waals surface area contributed by atoms with E-state index < -0.39 is 9.84 Å². The van der Waals surface area contributed by atoms with Crippen molar-refractivity contribution < 1.29 is 13.2 Å². The number of carbonyl (C=O) groups excluding carboxylic acids is 1. The summed E-state index contributed by atoms with van der Waals surface area (Å²) in [6, 6.07) is 10.5. The Bertz CT molecular complexity index is 1390. The van der Waals surface area contributed by atoms with Gasteiger partial charge in [0.2, 0.25) is 0 Å². The third-order valence-corrected chi connectivity index (χ3v) is 6.81. The molecule has 33 heavy (non-hydrogen) atoms. The smallest absolute Gasteiger partial charge is 0.196 e. The van der Waals surface area contributed by atoms with Crippen molar-refractivity contribution in [3.05, 3.63) is 65.6 Å². The first-order valence-electron chi connectivity index (χ1n) is 9.87. The molecule has 0 bridgehead atoms. The Kier molecular flexibility index (Phi) is 7.72. The highest BCUT2D eigenvalue weighted by Crippen LogP contribution is 2.32. The molecule has 0 aliphatic carbocycles. The van der Waals surface area contributed by atoms with Crippen molar-refractivity contribution in [2.45, 2.75) is 34.8 Å². The lowest BCUT2D eigenvalue weighted by Crippen LogP contribution is -2.05. The van der Waals surface area contributed by atoms with E-state index in [1.807, 2.05) is 25.1 Å². The van der Waals surface area contributed by atoms with E-state index >= 15 is 0 Å². The number of aromatic nitrogens is 4. The number of aryl methyl sites for hydroxylation is 1. The van der Waals surface area contributed by atoms with Gasteiger partial charge in [0.15, 0.2) is 21.3 Å². The van der Waals surface area contributed by atoms with Crippen LogP contribution in [0.3, 0.4) is 0 Å². The number of fused-ring (bicyclic) bond motifs is 1. The van der Waals surface area contributed by atoms with Gasteiger partial charge in [0.25, 0.3) is 0 Å². The van der Waals surface area contributed by atoms with Crippen molar-refractivity contribution in [2.75, 3.05) is 11.6 Å². The van der Waals surface area contributed by atoms with Crippen molar-refractivity contribution in [3.63, 3.8) is 0 Å². The standard InChI is InChI=1S/C22H21N5O3S2.ClH/c1-3-18-17(13-28)19-20(24-11-14-6-4-8-16(10-14)32(2,29)30)26-22(27-21(19)25-18)31-15-7-5-9-23-12-15;/h4-10,12-13H,3,11H2,1-2H3,(H2,24,25,26,27);1H. The molecule has 0 amide bonds. The Hall–Kier alpha value is -2.95. The molecule has 0 saturated heterocycles. The molecule has 172 valence electrons. The first kappa shape index (κ1) is 24.7. The predicted molar refractivity (Wildman–Crippen MR) is 131 cm³/mol. The number of rotatable bonds is 8. The summed E-state index contributed by atoms with van der Waals surface area (Å²) < 4.78 is 23.8. The summed E-state index contributed by atoms with van der Waals surface area (Å²) in [4.78, 5) is 29.6. The number of sulfone groups is 1. The molecule has 4 rings (SSSR count). The summed E-state index contributed by atoms with van der Waals surface area (Å²) in [6.45, 7) is 2.29. The number of hydrogen-bond acceptors (Lipinski definition) is 8. The van der Waals surface area contributed by atoms with Crippen LogP contribution in [-0.4, -0.2) is 40.9 Å². The molecule has 0 aliphatic heterocycles. The van der Waals surface area contributed by atoms with Crippen LogP contribution >= 0.6 is 24.2 Å². The molecule has 3 heterocycles. The van der Waals surface area contributed by atoms with E-state index in [0.717, 1.165) is 22.4 Å². The third-order valence-electron chi connectivity index (χ3n) is 4.85. The molecule has 0 fully saturated rings. The topological polar surface area (TPSA) is 118 Å². The normalized spacial score (nSPS) is 11.2. The monoisotopic (exact) mass is 503 g/mol. The first-order valence-corrected chi connectivity index (χ1v) is 12.6. The number of carbonyl (C=O) groups is 1. The lowest BCUT2D eigenvalue weighted by molar-refractivity contribution is 0.112. The SMILES string of the molecule is CCc1[nH]c2nc(Sc3cccnc3)nc(NCc3cccc(S(C)(=O)=O)c3)c2c1C=O.Cl.